The van der Waals surface area contributed by atoms with Crippen molar-refractivity contribution in [3.63, 3.8) is 0 Å². The quantitative estimate of drug-likeness (QED) is 0.682. The molecule has 1 aliphatic rings. The number of nitrogens with one attached hydrogen (secondary N) is 1. The van der Waals surface area contributed by atoms with Crippen LogP contribution in [-0.2, 0) is 6.52 Å². The van der Waals surface area contributed by atoms with Gasteiger partial charge in [-0.3, -0.25) is 4.90 Å². The van der Waals surface area contributed by atoms with Crippen LogP contribution in [0.5, 0.6) is 0 Å². The van der Waals surface area contributed by atoms with Crippen molar-refractivity contribution in [2.45, 2.75) is 32.2 Å². The van der Waals surface area contributed by atoms with Gasteiger partial charge < -0.3 is 5.31 Å². The summed E-state index contributed by atoms with van der Waals surface area (Å²) in [5.41, 5.74) is 0.521. The zero-order valence-corrected chi connectivity index (χ0v) is 15.5. The van der Waals surface area contributed by atoms with E-state index in [4.69, 9.17) is 28.1 Å². The highest BCUT2D eigenvalue weighted by atomic mass is 35.5. The maximum Gasteiger partial charge on any atom is 0.162 e. The van der Waals surface area contributed by atoms with Gasteiger partial charge in [-0.2, -0.15) is 5.26 Å². The van der Waals surface area contributed by atoms with E-state index in [-0.39, 0.29) is 41.9 Å². The van der Waals surface area contributed by atoms with E-state index in [1.807, 2.05) is 6.07 Å². The van der Waals surface area contributed by atoms with E-state index < -0.39 is 44.1 Å². The number of nitrogens with zero attached hydrogens (tertiary/aromatic N) is 4. The molecule has 1 fully saturated rings. The molecule has 1 unspecified atom stereocenters. The van der Waals surface area contributed by atoms with Gasteiger partial charge in [0.2, 0.25) is 0 Å². The van der Waals surface area contributed by atoms with Gasteiger partial charge in [0, 0.05) is 37.9 Å². The third-order valence-corrected chi connectivity index (χ3v) is 4.78. The number of fused-ring (bicyclic) bond motifs is 1. The number of hydrogen-bond acceptors (Lipinski definition) is 6. The molecule has 27 heavy (non-hydrogen) atoms. The second kappa shape index (κ2) is 7.81. The molecule has 0 amide bonds. The van der Waals surface area contributed by atoms with Crippen molar-refractivity contribution in [2.75, 3.05) is 18.3 Å². The summed E-state index contributed by atoms with van der Waals surface area (Å²) in [7, 11) is 0. The largest absolute Gasteiger partial charge is 0.367 e. The Kier molecular flexibility index (Phi) is 2.57. The number of anilines is 1. The zero-order valence-electron chi connectivity index (χ0n) is 25.9. The first-order chi connectivity index (χ1) is 17.8. The molecular formula is C20H20ClN5S. The van der Waals surface area contributed by atoms with Crippen molar-refractivity contribution in [3.05, 3.63) is 51.6 Å². The van der Waals surface area contributed by atoms with Gasteiger partial charge in [-0.05, 0) is 42.9 Å². The average molecular weight is 410 g/mol. The van der Waals surface area contributed by atoms with Crippen LogP contribution >= 0.6 is 22.9 Å². The molecule has 138 valence electrons. The normalized spacial score (nSPS) is 32.0. The third-order valence-electron chi connectivity index (χ3n) is 3.67. The van der Waals surface area contributed by atoms with Gasteiger partial charge in [0.1, 0.15) is 17.0 Å². The number of benzene rings is 1. The SMILES string of the molecule is [2H]c1c(Cl)sc2ncnc(N([2H])C3([2H])C([2H])([2H])C([2H])([2H])N(C([2H])c4ccc(C)c(C#N)c4)C([2H])([2H])C3([2H])[2H])c12. The lowest BCUT2D eigenvalue weighted by Gasteiger charge is -2.32. The number of halogens is 1. The standard InChI is InChI=1S/C20H20ClN5S/c1-13-2-3-14(8-15(13)10-22)11-26-6-4-16(5-7-26)25-19-17-9-18(21)27-20(17)24-12-23-19/h2-3,8-9,12,16H,4-7,11H2,1H3,(H,23,24,25)/i4D2,5D2,6D2,7D2,9D,11D,16D/hD. The van der Waals surface area contributed by atoms with E-state index in [2.05, 4.69) is 9.97 Å². The molecule has 0 aliphatic carbocycles. The van der Waals surface area contributed by atoms with Gasteiger partial charge in [0.15, 0.2) is 1.41 Å². The van der Waals surface area contributed by atoms with Crippen LogP contribution in [0.3, 0.4) is 0 Å². The Morgan fingerprint density at radius 1 is 1.56 bits per heavy atom. The predicted octanol–water partition coefficient (Wildman–Crippen LogP) is 4.60. The van der Waals surface area contributed by atoms with E-state index in [0.717, 1.165) is 17.7 Å². The Morgan fingerprint density at radius 3 is 3.15 bits per heavy atom. The fourth-order valence-electron chi connectivity index (χ4n) is 2.34. The molecule has 0 bridgehead atoms. The summed E-state index contributed by atoms with van der Waals surface area (Å²) < 4.78 is 104. The van der Waals surface area contributed by atoms with Gasteiger partial charge in [-0.25, -0.2) is 9.97 Å². The number of likely N-dealkylation sites (tertiary alicyclic amines) is 1. The van der Waals surface area contributed by atoms with Crippen molar-refractivity contribution >= 4 is 39.0 Å². The molecule has 0 spiro atoms. The molecule has 1 N–H and O–H groups in total. The molecule has 1 atom stereocenters. The number of hydrogen-bond donors (Lipinski definition) is 1. The Hall–Kier alpha value is -2.20. The molecule has 1 aromatic carbocycles. The molecule has 4 rings (SSSR count). The lowest BCUT2D eigenvalue weighted by atomic mass is 10.0. The molecule has 0 saturated carbocycles. The van der Waals surface area contributed by atoms with E-state index in [9.17, 15) is 5.26 Å². The predicted molar refractivity (Wildman–Crippen MR) is 110 cm³/mol. The van der Waals surface area contributed by atoms with Crippen LogP contribution in [-0.4, -0.2) is 33.9 Å². The fourth-order valence-corrected chi connectivity index (χ4v) is 3.32. The Labute approximate surface area is 184 Å². The second-order valence-electron chi connectivity index (χ2n) is 5.50. The smallest absolute Gasteiger partial charge is 0.162 e. The first-order valence-corrected chi connectivity index (χ1v) is 8.91. The Morgan fingerprint density at radius 2 is 2.37 bits per heavy atom. The van der Waals surface area contributed by atoms with Crippen LogP contribution in [0.1, 0.15) is 44.5 Å². The highest BCUT2D eigenvalue weighted by Crippen LogP contribution is 2.32. The number of aromatic nitrogens is 2. The van der Waals surface area contributed by atoms with Gasteiger partial charge in [0.25, 0.3) is 0 Å². The van der Waals surface area contributed by atoms with Crippen LogP contribution in [0.25, 0.3) is 10.2 Å². The topological polar surface area (TPSA) is 64.8 Å². The van der Waals surface area contributed by atoms with Crippen molar-refractivity contribution in [2.24, 2.45) is 0 Å². The highest BCUT2D eigenvalue weighted by molar-refractivity contribution is 7.22. The van der Waals surface area contributed by atoms with Crippen LogP contribution < -0.4 is 5.31 Å². The number of nitriles is 1. The molecule has 5 nitrogen and oxygen atoms in total. The van der Waals surface area contributed by atoms with Gasteiger partial charge in [-0.15, -0.1) is 11.3 Å². The molecule has 1 aliphatic heterocycles. The summed E-state index contributed by atoms with van der Waals surface area (Å²) in [4.78, 5) is 7.88. The monoisotopic (exact) mass is 409 g/mol. The van der Waals surface area contributed by atoms with Crippen molar-refractivity contribution in [1.29, 1.82) is 5.26 Å². The highest BCUT2D eigenvalue weighted by Gasteiger charge is 2.20. The Bertz CT molecular complexity index is 1480. The second-order valence-corrected chi connectivity index (χ2v) is 7.10. The zero-order chi connectivity index (χ0) is 29.5. The summed E-state index contributed by atoms with van der Waals surface area (Å²) in [6, 6.07) is 1.82. The van der Waals surface area contributed by atoms with Crippen molar-refractivity contribution in [3.8, 4) is 6.07 Å². The molecule has 3 aromatic rings. The summed E-state index contributed by atoms with van der Waals surface area (Å²) in [5, 5.41) is 9.07. The minimum atomic E-state index is -3.71. The third kappa shape index (κ3) is 4.06. The first kappa shape index (κ1) is 8.87. The first-order valence-electron chi connectivity index (χ1n) is 13.7. The number of thiophene rings is 1. The lowest BCUT2D eigenvalue weighted by molar-refractivity contribution is 0.211. The summed E-state index contributed by atoms with van der Waals surface area (Å²) in [5.74, 6) is -0.643. The number of piperidine rings is 1. The van der Waals surface area contributed by atoms with Crippen LogP contribution in [0, 0.1) is 18.3 Å². The Balaban J connectivity index is 1.95. The van der Waals surface area contributed by atoms with Crippen LogP contribution in [0.4, 0.5) is 5.82 Å². The van der Waals surface area contributed by atoms with E-state index in [1.54, 1.807) is 6.92 Å². The molecule has 7 heteroatoms. The fraction of sp³-hybridized carbons (Fsp3) is 0.350. The molecule has 2 aromatic heterocycles. The molecule has 0 radical (unpaired) electrons. The van der Waals surface area contributed by atoms with Crippen LogP contribution in [0.2, 0.25) is 5.75 Å². The maximum absolute atomic E-state index is 9.37. The van der Waals surface area contributed by atoms with Crippen molar-refractivity contribution in [1.82, 2.24) is 14.9 Å². The molecule has 1 saturated heterocycles. The summed E-state index contributed by atoms with van der Waals surface area (Å²) in [6.07, 6.45) is -6.50. The molecule has 3 heterocycles. The van der Waals surface area contributed by atoms with Crippen molar-refractivity contribution < 1.29 is 16.5 Å². The summed E-state index contributed by atoms with van der Waals surface area (Å²) >= 11 is 6.84. The maximum atomic E-state index is 9.37. The lowest BCUT2D eigenvalue weighted by Crippen LogP contribution is -2.38. The minimum absolute atomic E-state index is 0.0411. The summed E-state index contributed by atoms with van der Waals surface area (Å²) in [6.45, 7) is -7.59. The minimum Gasteiger partial charge on any atom is -0.367 e. The van der Waals surface area contributed by atoms with Crippen LogP contribution in [0.15, 0.2) is 30.6 Å². The van der Waals surface area contributed by atoms with E-state index in [1.165, 1.54) is 18.2 Å². The number of rotatable bonds is 4. The van der Waals surface area contributed by atoms with Gasteiger partial charge in [0.05, 0.1) is 24.1 Å². The van der Waals surface area contributed by atoms with E-state index in [0.29, 0.717) is 5.56 Å². The average Bonchev–Trinajstić information content (AvgIpc) is 3.15. The van der Waals surface area contributed by atoms with Gasteiger partial charge in [-0.1, -0.05) is 23.7 Å². The number of aryl methyl sites for hydroxylation is 1. The molecular weight excluding hydrogens is 378 g/mol. The van der Waals surface area contributed by atoms with E-state index >= 15 is 0 Å². The van der Waals surface area contributed by atoms with Gasteiger partial charge >= 0.3 is 0 Å².